The summed E-state index contributed by atoms with van der Waals surface area (Å²) in [5.74, 6) is 0.697. The van der Waals surface area contributed by atoms with Crippen molar-refractivity contribution in [3.8, 4) is 0 Å². The fourth-order valence-corrected chi connectivity index (χ4v) is 4.94. The van der Waals surface area contributed by atoms with Gasteiger partial charge >= 0.3 is 0 Å². The van der Waals surface area contributed by atoms with Gasteiger partial charge in [-0.1, -0.05) is 6.92 Å². The minimum Gasteiger partial charge on any atom is -0.326 e. The Labute approximate surface area is 175 Å². The number of aromatic nitrogens is 1. The van der Waals surface area contributed by atoms with Crippen molar-refractivity contribution in [3.05, 3.63) is 39.9 Å². The van der Waals surface area contributed by atoms with Crippen molar-refractivity contribution < 1.29 is 9.59 Å². The van der Waals surface area contributed by atoms with E-state index in [0.29, 0.717) is 17.1 Å². The van der Waals surface area contributed by atoms with Crippen molar-refractivity contribution in [1.29, 1.82) is 0 Å². The van der Waals surface area contributed by atoms with Crippen LogP contribution in [0.4, 0.5) is 10.8 Å². The molecule has 0 bridgehead atoms. The SMILES string of the molecule is Cc1nc(NC(=O)c2ccc3c(c2)CCCC(=O)N3)sc1CN1CCC(C)CC1. The summed E-state index contributed by atoms with van der Waals surface area (Å²) >= 11 is 1.57. The first-order valence-corrected chi connectivity index (χ1v) is 11.2. The Morgan fingerprint density at radius 1 is 1.31 bits per heavy atom. The Kier molecular flexibility index (Phi) is 5.96. The first-order chi connectivity index (χ1) is 14.0. The molecule has 4 rings (SSSR count). The number of nitrogens with one attached hydrogen (secondary N) is 2. The Hall–Kier alpha value is -2.25. The number of carbonyl (C=O) groups excluding carboxylic acids is 2. The van der Waals surface area contributed by atoms with Crippen molar-refractivity contribution in [2.75, 3.05) is 23.7 Å². The first-order valence-electron chi connectivity index (χ1n) is 10.4. The van der Waals surface area contributed by atoms with Crippen LogP contribution in [0.3, 0.4) is 0 Å². The van der Waals surface area contributed by atoms with Crippen LogP contribution in [0.2, 0.25) is 0 Å². The lowest BCUT2D eigenvalue weighted by atomic mass is 9.99. The van der Waals surface area contributed by atoms with Gasteiger partial charge in [0.05, 0.1) is 5.69 Å². The number of aryl methyl sites for hydroxylation is 2. The second-order valence-electron chi connectivity index (χ2n) is 8.21. The molecule has 0 spiro atoms. The molecule has 0 saturated carbocycles. The highest BCUT2D eigenvalue weighted by molar-refractivity contribution is 7.15. The summed E-state index contributed by atoms with van der Waals surface area (Å²) < 4.78 is 0. The lowest BCUT2D eigenvalue weighted by Crippen LogP contribution is -2.32. The summed E-state index contributed by atoms with van der Waals surface area (Å²) in [5.41, 5.74) is 3.42. The highest BCUT2D eigenvalue weighted by atomic mass is 32.1. The van der Waals surface area contributed by atoms with E-state index >= 15 is 0 Å². The summed E-state index contributed by atoms with van der Waals surface area (Å²) in [6.45, 7) is 7.50. The third kappa shape index (κ3) is 4.85. The van der Waals surface area contributed by atoms with E-state index in [0.717, 1.165) is 55.3 Å². The second kappa shape index (κ2) is 8.63. The van der Waals surface area contributed by atoms with Crippen LogP contribution in [-0.2, 0) is 17.8 Å². The second-order valence-corrected chi connectivity index (χ2v) is 9.30. The molecule has 3 heterocycles. The summed E-state index contributed by atoms with van der Waals surface area (Å²) in [5, 5.41) is 6.51. The summed E-state index contributed by atoms with van der Waals surface area (Å²) in [6.07, 6.45) is 4.62. The number of amides is 2. The standard InChI is InChI=1S/C22H28N4O2S/c1-14-8-10-26(11-9-14)13-19-15(2)23-22(29-19)25-21(28)17-6-7-18-16(12-17)4-3-5-20(27)24-18/h6-7,12,14H,3-5,8-11,13H2,1-2H3,(H,24,27)(H,23,25,28). The van der Waals surface area contributed by atoms with E-state index in [9.17, 15) is 9.59 Å². The molecule has 2 aliphatic heterocycles. The van der Waals surface area contributed by atoms with Crippen LogP contribution < -0.4 is 10.6 Å². The summed E-state index contributed by atoms with van der Waals surface area (Å²) in [7, 11) is 0. The maximum atomic E-state index is 12.8. The monoisotopic (exact) mass is 412 g/mol. The third-order valence-corrected chi connectivity index (χ3v) is 6.91. The molecule has 0 aliphatic carbocycles. The van der Waals surface area contributed by atoms with Crippen molar-refractivity contribution in [1.82, 2.24) is 9.88 Å². The van der Waals surface area contributed by atoms with Gasteiger partial charge in [0.15, 0.2) is 5.13 Å². The van der Waals surface area contributed by atoms with E-state index in [4.69, 9.17) is 0 Å². The number of thiazole rings is 1. The molecule has 0 atom stereocenters. The average molecular weight is 413 g/mol. The minimum absolute atomic E-state index is 0.0369. The van der Waals surface area contributed by atoms with Gasteiger partial charge in [-0.15, -0.1) is 11.3 Å². The highest BCUT2D eigenvalue weighted by Gasteiger charge is 2.20. The predicted octanol–water partition coefficient (Wildman–Crippen LogP) is 4.21. The Bertz CT molecular complexity index is 916. The van der Waals surface area contributed by atoms with Crippen LogP contribution >= 0.6 is 11.3 Å². The van der Waals surface area contributed by atoms with Crippen LogP contribution in [0.15, 0.2) is 18.2 Å². The number of hydrogen-bond donors (Lipinski definition) is 2. The average Bonchev–Trinajstić information content (AvgIpc) is 2.91. The molecule has 154 valence electrons. The number of piperidine rings is 1. The number of nitrogens with zero attached hydrogens (tertiary/aromatic N) is 2. The van der Waals surface area contributed by atoms with Crippen molar-refractivity contribution in [3.63, 3.8) is 0 Å². The molecule has 1 aromatic heterocycles. The first kappa shape index (κ1) is 20.0. The Balaban J connectivity index is 1.42. The van der Waals surface area contributed by atoms with Crippen molar-refractivity contribution in [2.24, 2.45) is 5.92 Å². The molecule has 1 saturated heterocycles. The van der Waals surface area contributed by atoms with Gasteiger partial charge in [-0.25, -0.2) is 4.98 Å². The fraction of sp³-hybridized carbons (Fsp3) is 0.500. The van der Waals surface area contributed by atoms with E-state index < -0.39 is 0 Å². The topological polar surface area (TPSA) is 74.3 Å². The van der Waals surface area contributed by atoms with Crippen molar-refractivity contribution >= 4 is 34.0 Å². The van der Waals surface area contributed by atoms with Gasteiger partial charge in [0.1, 0.15) is 0 Å². The molecule has 7 heteroatoms. The smallest absolute Gasteiger partial charge is 0.257 e. The molecule has 0 unspecified atom stereocenters. The maximum Gasteiger partial charge on any atom is 0.257 e. The quantitative estimate of drug-likeness (QED) is 0.789. The highest BCUT2D eigenvalue weighted by Crippen LogP contribution is 2.28. The molecule has 1 aromatic carbocycles. The van der Waals surface area contributed by atoms with Gasteiger partial charge in [-0.2, -0.15) is 0 Å². The van der Waals surface area contributed by atoms with Crippen LogP contribution in [0.1, 0.15) is 59.1 Å². The zero-order valence-corrected chi connectivity index (χ0v) is 17.9. The van der Waals surface area contributed by atoms with Crippen LogP contribution in [0, 0.1) is 12.8 Å². The molecule has 0 radical (unpaired) electrons. The molecule has 1 fully saturated rings. The van der Waals surface area contributed by atoms with Gasteiger partial charge in [-0.3, -0.25) is 19.8 Å². The van der Waals surface area contributed by atoms with E-state index in [-0.39, 0.29) is 11.8 Å². The maximum absolute atomic E-state index is 12.8. The number of benzene rings is 1. The van der Waals surface area contributed by atoms with Crippen LogP contribution in [0.25, 0.3) is 0 Å². The van der Waals surface area contributed by atoms with Gasteiger partial charge in [0.2, 0.25) is 5.91 Å². The normalized spacial score (nSPS) is 18.1. The zero-order valence-electron chi connectivity index (χ0n) is 17.1. The van der Waals surface area contributed by atoms with E-state index in [1.54, 1.807) is 17.4 Å². The Morgan fingerprint density at radius 2 is 2.10 bits per heavy atom. The van der Waals surface area contributed by atoms with E-state index in [1.807, 2.05) is 19.1 Å². The number of anilines is 2. The predicted molar refractivity (Wildman–Crippen MR) is 116 cm³/mol. The number of fused-ring (bicyclic) bond motifs is 1. The lowest BCUT2D eigenvalue weighted by molar-refractivity contribution is -0.116. The molecule has 2 N–H and O–H groups in total. The van der Waals surface area contributed by atoms with Crippen molar-refractivity contribution in [2.45, 2.75) is 52.5 Å². The number of hydrogen-bond acceptors (Lipinski definition) is 5. The summed E-state index contributed by atoms with van der Waals surface area (Å²) in [4.78, 5) is 32.7. The summed E-state index contributed by atoms with van der Waals surface area (Å²) in [6, 6.07) is 5.46. The minimum atomic E-state index is -0.157. The fourth-order valence-electron chi connectivity index (χ4n) is 3.94. The van der Waals surface area contributed by atoms with Crippen LogP contribution in [0.5, 0.6) is 0 Å². The largest absolute Gasteiger partial charge is 0.326 e. The molecule has 2 aliphatic rings. The number of likely N-dealkylation sites (tertiary alicyclic amines) is 1. The number of carbonyl (C=O) groups is 2. The molecule has 6 nitrogen and oxygen atoms in total. The lowest BCUT2D eigenvalue weighted by Gasteiger charge is -2.29. The molecule has 2 aromatic rings. The van der Waals surface area contributed by atoms with Crippen LogP contribution in [-0.4, -0.2) is 34.8 Å². The van der Waals surface area contributed by atoms with Gasteiger partial charge in [0, 0.05) is 29.1 Å². The number of rotatable bonds is 4. The Morgan fingerprint density at radius 3 is 2.90 bits per heavy atom. The third-order valence-electron chi connectivity index (χ3n) is 5.85. The van der Waals surface area contributed by atoms with Gasteiger partial charge in [-0.05, 0) is 75.4 Å². The molecule has 29 heavy (non-hydrogen) atoms. The molecular weight excluding hydrogens is 384 g/mol. The molecule has 2 amide bonds. The molecular formula is C22H28N4O2S. The van der Waals surface area contributed by atoms with E-state index in [2.05, 4.69) is 27.4 Å². The van der Waals surface area contributed by atoms with E-state index in [1.165, 1.54) is 17.7 Å². The van der Waals surface area contributed by atoms with Gasteiger partial charge in [0.25, 0.3) is 5.91 Å². The zero-order chi connectivity index (χ0) is 20.4. The van der Waals surface area contributed by atoms with Gasteiger partial charge < -0.3 is 5.32 Å².